The molecule has 1 N–H and O–H groups in total. The second-order valence-corrected chi connectivity index (χ2v) is 7.44. The zero-order valence-electron chi connectivity index (χ0n) is 14.8. The lowest BCUT2D eigenvalue weighted by Gasteiger charge is -2.27. The molecule has 1 unspecified atom stereocenters. The fourth-order valence-corrected chi connectivity index (χ4v) is 3.11. The summed E-state index contributed by atoms with van der Waals surface area (Å²) < 4.78 is 32.4. The fraction of sp³-hybridized carbons (Fsp3) is 0.556. The van der Waals surface area contributed by atoms with Crippen molar-refractivity contribution >= 4 is 12.1 Å². The topological polar surface area (TPSA) is 66.8 Å². The van der Waals surface area contributed by atoms with Gasteiger partial charge in [-0.3, -0.25) is 4.90 Å². The predicted octanol–water partition coefficient (Wildman–Crippen LogP) is 3.78. The second-order valence-electron chi connectivity index (χ2n) is 7.44. The molecule has 1 fully saturated rings. The Morgan fingerprint density at radius 1 is 1.32 bits per heavy atom. The molecule has 0 spiro atoms. The quantitative estimate of drug-likeness (QED) is 0.896. The van der Waals surface area contributed by atoms with Crippen molar-refractivity contribution in [2.45, 2.75) is 51.7 Å². The third-order valence-electron chi connectivity index (χ3n) is 4.41. The molecule has 138 valence electrons. The van der Waals surface area contributed by atoms with E-state index in [1.54, 1.807) is 27.7 Å². The maximum absolute atomic E-state index is 14.0. The van der Waals surface area contributed by atoms with E-state index in [9.17, 15) is 23.5 Å². The minimum atomic E-state index is -1.12. The van der Waals surface area contributed by atoms with E-state index in [0.29, 0.717) is 5.56 Å². The Morgan fingerprint density at radius 3 is 2.48 bits per heavy atom. The van der Waals surface area contributed by atoms with E-state index in [0.717, 1.165) is 6.07 Å². The third-order valence-corrected chi connectivity index (χ3v) is 4.41. The van der Waals surface area contributed by atoms with Gasteiger partial charge in [0.25, 0.3) is 0 Å². The highest BCUT2D eigenvalue weighted by atomic mass is 19.1. The number of carbonyl (C=O) groups is 2. The van der Waals surface area contributed by atoms with E-state index in [4.69, 9.17) is 4.74 Å². The number of amides is 1. The summed E-state index contributed by atoms with van der Waals surface area (Å²) in [6.07, 6.45) is -0.513. The SMILES string of the molecule is CC(c1ccc(F)cc1F)[C@H]1C[C@@H](C(=O)O)N(C(=O)OC(C)(C)C)C1. The van der Waals surface area contributed by atoms with E-state index < -0.39 is 35.3 Å². The van der Waals surface area contributed by atoms with Crippen LogP contribution < -0.4 is 0 Å². The lowest BCUT2D eigenvalue weighted by atomic mass is 9.85. The monoisotopic (exact) mass is 355 g/mol. The molecule has 0 aliphatic carbocycles. The van der Waals surface area contributed by atoms with Gasteiger partial charge in [-0.1, -0.05) is 13.0 Å². The van der Waals surface area contributed by atoms with Crippen LogP contribution in [0.1, 0.15) is 45.6 Å². The van der Waals surface area contributed by atoms with Crippen molar-refractivity contribution in [3.05, 3.63) is 35.4 Å². The summed E-state index contributed by atoms with van der Waals surface area (Å²) in [5, 5.41) is 9.42. The van der Waals surface area contributed by atoms with Crippen LogP contribution in [0.3, 0.4) is 0 Å². The molecule has 0 aromatic heterocycles. The summed E-state index contributed by atoms with van der Waals surface area (Å²) in [5.74, 6) is -3.10. The number of benzene rings is 1. The highest BCUT2D eigenvalue weighted by Crippen LogP contribution is 2.36. The highest BCUT2D eigenvalue weighted by Gasteiger charge is 2.43. The average molecular weight is 355 g/mol. The number of aliphatic carboxylic acids is 1. The molecule has 1 amide bonds. The summed E-state index contributed by atoms with van der Waals surface area (Å²) in [4.78, 5) is 25.0. The van der Waals surface area contributed by atoms with Crippen LogP contribution in [-0.4, -0.2) is 40.3 Å². The van der Waals surface area contributed by atoms with Crippen molar-refractivity contribution in [3.63, 3.8) is 0 Å². The lowest BCUT2D eigenvalue weighted by molar-refractivity contribution is -0.142. The van der Waals surface area contributed by atoms with E-state index in [2.05, 4.69) is 0 Å². The molecule has 3 atom stereocenters. The minimum Gasteiger partial charge on any atom is -0.480 e. The summed E-state index contributed by atoms with van der Waals surface area (Å²) in [6.45, 7) is 6.99. The van der Waals surface area contributed by atoms with Crippen molar-refractivity contribution < 1.29 is 28.2 Å². The maximum Gasteiger partial charge on any atom is 0.411 e. The standard InChI is InChI=1S/C18H23F2NO4/c1-10(13-6-5-12(19)8-14(13)20)11-7-15(16(22)23)21(9-11)17(24)25-18(2,3)4/h5-6,8,10-11,15H,7,9H2,1-4H3,(H,22,23)/t10?,11-,15-/m0/s1. The molecule has 2 rings (SSSR count). The number of carboxylic acid groups (broad SMARTS) is 1. The molecule has 1 saturated heterocycles. The van der Waals surface area contributed by atoms with Gasteiger partial charge in [0.2, 0.25) is 0 Å². The summed E-state index contributed by atoms with van der Waals surface area (Å²) in [5.41, 5.74) is -0.436. The van der Waals surface area contributed by atoms with Gasteiger partial charge in [0.1, 0.15) is 23.3 Å². The number of rotatable bonds is 3. The number of hydrogen-bond acceptors (Lipinski definition) is 3. The molecular weight excluding hydrogens is 332 g/mol. The van der Waals surface area contributed by atoms with E-state index >= 15 is 0 Å². The average Bonchev–Trinajstić information content (AvgIpc) is 2.90. The first-order valence-electron chi connectivity index (χ1n) is 8.17. The molecular formula is C18H23F2NO4. The first-order valence-corrected chi connectivity index (χ1v) is 8.17. The van der Waals surface area contributed by atoms with Crippen molar-refractivity contribution in [1.29, 1.82) is 0 Å². The van der Waals surface area contributed by atoms with Gasteiger partial charge in [0.15, 0.2) is 0 Å². The van der Waals surface area contributed by atoms with Crippen LogP contribution in [0.4, 0.5) is 13.6 Å². The number of ether oxygens (including phenoxy) is 1. The minimum absolute atomic E-state index is 0.143. The van der Waals surface area contributed by atoms with Crippen LogP contribution in [0.2, 0.25) is 0 Å². The van der Waals surface area contributed by atoms with Gasteiger partial charge in [0, 0.05) is 12.6 Å². The zero-order chi connectivity index (χ0) is 18.9. The Kier molecular flexibility index (Phi) is 5.34. The van der Waals surface area contributed by atoms with E-state index in [-0.39, 0.29) is 24.8 Å². The molecule has 1 aromatic carbocycles. The van der Waals surface area contributed by atoms with Crippen molar-refractivity contribution in [2.24, 2.45) is 5.92 Å². The van der Waals surface area contributed by atoms with Crippen molar-refractivity contribution in [3.8, 4) is 0 Å². The number of hydrogen-bond donors (Lipinski definition) is 1. The first kappa shape index (κ1) is 19.1. The van der Waals surface area contributed by atoms with Gasteiger partial charge < -0.3 is 9.84 Å². The Bertz CT molecular complexity index is 672. The molecule has 25 heavy (non-hydrogen) atoms. The lowest BCUT2D eigenvalue weighted by Crippen LogP contribution is -2.43. The molecule has 1 heterocycles. The maximum atomic E-state index is 14.0. The van der Waals surface area contributed by atoms with Crippen LogP contribution >= 0.6 is 0 Å². The third kappa shape index (κ3) is 4.46. The van der Waals surface area contributed by atoms with Gasteiger partial charge in [-0.05, 0) is 50.7 Å². The molecule has 0 radical (unpaired) electrons. The van der Waals surface area contributed by atoms with E-state index in [1.165, 1.54) is 17.0 Å². The van der Waals surface area contributed by atoms with Gasteiger partial charge in [0.05, 0.1) is 0 Å². The normalized spacial score (nSPS) is 21.9. The fourth-order valence-electron chi connectivity index (χ4n) is 3.11. The largest absolute Gasteiger partial charge is 0.480 e. The number of carbonyl (C=O) groups excluding carboxylic acids is 1. The summed E-state index contributed by atoms with van der Waals surface area (Å²) in [7, 11) is 0. The van der Waals surface area contributed by atoms with Crippen LogP contribution in [0.5, 0.6) is 0 Å². The van der Waals surface area contributed by atoms with Crippen LogP contribution in [0, 0.1) is 17.6 Å². The molecule has 1 aliphatic heterocycles. The van der Waals surface area contributed by atoms with Gasteiger partial charge >= 0.3 is 12.1 Å². The van der Waals surface area contributed by atoms with Crippen LogP contribution in [-0.2, 0) is 9.53 Å². The molecule has 1 aromatic rings. The molecule has 0 bridgehead atoms. The predicted molar refractivity (Wildman–Crippen MR) is 87.2 cm³/mol. The number of nitrogens with zero attached hydrogens (tertiary/aromatic N) is 1. The molecule has 1 aliphatic rings. The summed E-state index contributed by atoms with van der Waals surface area (Å²) in [6, 6.07) is 2.32. The van der Waals surface area contributed by atoms with Crippen molar-refractivity contribution in [2.75, 3.05) is 6.54 Å². The van der Waals surface area contributed by atoms with Crippen molar-refractivity contribution in [1.82, 2.24) is 4.90 Å². The Balaban J connectivity index is 2.21. The number of carboxylic acids is 1. The Labute approximate surface area is 145 Å². The Hall–Kier alpha value is -2.18. The second kappa shape index (κ2) is 6.98. The zero-order valence-corrected chi connectivity index (χ0v) is 14.8. The first-order chi connectivity index (χ1) is 11.5. The van der Waals surface area contributed by atoms with Gasteiger partial charge in [-0.25, -0.2) is 18.4 Å². The van der Waals surface area contributed by atoms with Crippen LogP contribution in [0.25, 0.3) is 0 Å². The number of likely N-dealkylation sites (tertiary alicyclic amines) is 1. The molecule has 0 saturated carbocycles. The molecule has 5 nitrogen and oxygen atoms in total. The van der Waals surface area contributed by atoms with Gasteiger partial charge in [-0.2, -0.15) is 0 Å². The van der Waals surface area contributed by atoms with Crippen LogP contribution in [0.15, 0.2) is 18.2 Å². The Morgan fingerprint density at radius 2 is 1.96 bits per heavy atom. The summed E-state index contributed by atoms with van der Waals surface area (Å²) >= 11 is 0. The smallest absolute Gasteiger partial charge is 0.411 e. The molecule has 7 heteroatoms. The van der Waals surface area contributed by atoms with E-state index in [1.807, 2.05) is 0 Å². The highest BCUT2D eigenvalue weighted by molar-refractivity contribution is 5.81. The van der Waals surface area contributed by atoms with Gasteiger partial charge in [-0.15, -0.1) is 0 Å². The number of halogens is 2.